The molecule has 0 spiro atoms. The molecule has 0 aliphatic carbocycles. The van der Waals surface area contributed by atoms with Gasteiger partial charge >= 0.3 is 0 Å². The Morgan fingerprint density at radius 2 is 1.69 bits per heavy atom. The van der Waals surface area contributed by atoms with Crippen LogP contribution in [0.3, 0.4) is 0 Å². The van der Waals surface area contributed by atoms with Crippen LogP contribution >= 0.6 is 0 Å². The smallest absolute Gasteiger partial charge is 0.275 e. The molecule has 2 aromatic carbocycles. The van der Waals surface area contributed by atoms with Crippen LogP contribution in [0.15, 0.2) is 54.9 Å². The molecule has 0 atom stereocenters. The maximum Gasteiger partial charge on any atom is 0.275 e. The van der Waals surface area contributed by atoms with Gasteiger partial charge in [0.2, 0.25) is 0 Å². The van der Waals surface area contributed by atoms with Gasteiger partial charge < -0.3 is 10.6 Å². The van der Waals surface area contributed by atoms with Crippen LogP contribution in [0.1, 0.15) is 27.2 Å². The molecule has 0 unspecified atom stereocenters. The fraction of sp³-hybridized carbons (Fsp3) is 0.100. The molecule has 6 nitrogen and oxygen atoms in total. The fourth-order valence-corrected chi connectivity index (χ4v) is 2.47. The Morgan fingerprint density at radius 1 is 1.00 bits per heavy atom. The zero-order valence-corrected chi connectivity index (χ0v) is 14.4. The van der Waals surface area contributed by atoms with Gasteiger partial charge in [0.25, 0.3) is 5.91 Å². The summed E-state index contributed by atoms with van der Waals surface area (Å²) in [5, 5.41) is 14.8. The number of nitrogens with zero attached hydrogens (tertiary/aromatic N) is 3. The summed E-state index contributed by atoms with van der Waals surface area (Å²) < 4.78 is 0. The molecule has 0 radical (unpaired) electrons. The molecule has 0 aliphatic rings. The number of aryl methyl sites for hydroxylation is 2. The van der Waals surface area contributed by atoms with E-state index in [-0.39, 0.29) is 11.6 Å². The van der Waals surface area contributed by atoms with Gasteiger partial charge in [-0.15, -0.1) is 0 Å². The summed E-state index contributed by atoms with van der Waals surface area (Å²) in [5.41, 5.74) is 4.53. The lowest BCUT2D eigenvalue weighted by molar-refractivity contribution is 0.102. The molecule has 0 saturated heterocycles. The summed E-state index contributed by atoms with van der Waals surface area (Å²) in [6.07, 6.45) is 2.95. The Labute approximate surface area is 151 Å². The number of carbonyl (C=O) groups is 1. The van der Waals surface area contributed by atoms with Crippen molar-refractivity contribution in [2.75, 3.05) is 10.6 Å². The number of benzene rings is 2. The zero-order valence-electron chi connectivity index (χ0n) is 14.4. The van der Waals surface area contributed by atoms with Gasteiger partial charge in [-0.2, -0.15) is 5.26 Å². The largest absolute Gasteiger partial charge is 0.339 e. The molecule has 1 amide bonds. The Morgan fingerprint density at radius 3 is 2.27 bits per heavy atom. The number of amides is 1. The predicted octanol–water partition coefficient (Wildman–Crippen LogP) is 3.96. The molecule has 0 saturated carbocycles. The summed E-state index contributed by atoms with van der Waals surface area (Å²) in [6, 6.07) is 14.7. The van der Waals surface area contributed by atoms with Crippen molar-refractivity contribution in [2.45, 2.75) is 13.8 Å². The monoisotopic (exact) mass is 343 g/mol. The molecule has 0 fully saturated rings. The second-order valence-electron chi connectivity index (χ2n) is 5.82. The highest BCUT2D eigenvalue weighted by molar-refractivity contribution is 6.02. The second kappa shape index (κ2) is 7.45. The maximum atomic E-state index is 12.2. The lowest BCUT2D eigenvalue weighted by Crippen LogP contribution is -2.14. The Bertz CT molecular complexity index is 952. The summed E-state index contributed by atoms with van der Waals surface area (Å²) in [4.78, 5) is 20.7. The van der Waals surface area contributed by atoms with Crippen molar-refractivity contribution in [3.05, 3.63) is 77.2 Å². The SMILES string of the molecule is Cc1cccc(C)c1Nc1cnc(C(=O)Nc2ccc(C#N)cc2)cn1. The highest BCUT2D eigenvalue weighted by atomic mass is 16.1. The fourth-order valence-electron chi connectivity index (χ4n) is 2.47. The summed E-state index contributed by atoms with van der Waals surface area (Å²) in [6.45, 7) is 4.03. The van der Waals surface area contributed by atoms with Crippen LogP contribution in [-0.4, -0.2) is 15.9 Å². The van der Waals surface area contributed by atoms with Gasteiger partial charge in [-0.05, 0) is 49.2 Å². The first kappa shape index (κ1) is 17.1. The standard InChI is InChI=1S/C20H17N5O/c1-13-4-3-5-14(2)19(13)25-18-12-22-17(11-23-18)20(26)24-16-8-6-15(10-21)7-9-16/h3-9,11-12H,1-2H3,(H,23,25)(H,24,26). The molecule has 3 rings (SSSR count). The molecule has 26 heavy (non-hydrogen) atoms. The van der Waals surface area contributed by atoms with E-state index in [1.165, 1.54) is 12.4 Å². The van der Waals surface area contributed by atoms with Crippen LogP contribution in [-0.2, 0) is 0 Å². The molecule has 6 heteroatoms. The average molecular weight is 343 g/mol. The zero-order chi connectivity index (χ0) is 18.5. The molecule has 2 N–H and O–H groups in total. The summed E-state index contributed by atoms with van der Waals surface area (Å²) in [5.74, 6) is 0.207. The Hall–Kier alpha value is -3.72. The van der Waals surface area contributed by atoms with E-state index in [0.717, 1.165) is 16.8 Å². The summed E-state index contributed by atoms with van der Waals surface area (Å²) in [7, 11) is 0. The lowest BCUT2D eigenvalue weighted by atomic mass is 10.1. The highest BCUT2D eigenvalue weighted by Crippen LogP contribution is 2.22. The number of hydrogen-bond acceptors (Lipinski definition) is 5. The molecular weight excluding hydrogens is 326 g/mol. The molecule has 0 bridgehead atoms. The van der Waals surface area contributed by atoms with Crippen LogP contribution < -0.4 is 10.6 Å². The van der Waals surface area contributed by atoms with Crippen molar-refractivity contribution in [1.82, 2.24) is 9.97 Å². The third-order valence-corrected chi connectivity index (χ3v) is 3.89. The first-order chi connectivity index (χ1) is 12.6. The van der Waals surface area contributed by atoms with Gasteiger partial charge in [-0.25, -0.2) is 9.97 Å². The van der Waals surface area contributed by atoms with Gasteiger partial charge in [0.1, 0.15) is 11.5 Å². The molecular formula is C20H17N5O. The number of anilines is 3. The van der Waals surface area contributed by atoms with Crippen molar-refractivity contribution in [3.63, 3.8) is 0 Å². The Kier molecular flexibility index (Phi) is 4.90. The number of nitrogens with one attached hydrogen (secondary N) is 2. The van der Waals surface area contributed by atoms with E-state index in [1.54, 1.807) is 24.3 Å². The second-order valence-corrected chi connectivity index (χ2v) is 5.82. The van der Waals surface area contributed by atoms with Gasteiger partial charge in [0, 0.05) is 11.4 Å². The van der Waals surface area contributed by atoms with Crippen LogP contribution in [0.25, 0.3) is 0 Å². The number of hydrogen-bond donors (Lipinski definition) is 2. The van der Waals surface area contributed by atoms with Gasteiger partial charge in [-0.3, -0.25) is 4.79 Å². The average Bonchev–Trinajstić information content (AvgIpc) is 2.66. The van der Waals surface area contributed by atoms with Gasteiger partial charge in [-0.1, -0.05) is 18.2 Å². The minimum atomic E-state index is -0.360. The first-order valence-corrected chi connectivity index (χ1v) is 8.03. The van der Waals surface area contributed by atoms with Crippen LogP contribution in [0.4, 0.5) is 17.2 Å². The van der Waals surface area contributed by atoms with Crippen LogP contribution in [0.5, 0.6) is 0 Å². The number of nitriles is 1. The first-order valence-electron chi connectivity index (χ1n) is 8.03. The van der Waals surface area contributed by atoms with Crippen molar-refractivity contribution in [1.29, 1.82) is 5.26 Å². The third kappa shape index (κ3) is 3.84. The molecule has 3 aromatic rings. The molecule has 1 aromatic heterocycles. The van der Waals surface area contributed by atoms with Crippen molar-refractivity contribution in [2.24, 2.45) is 0 Å². The lowest BCUT2D eigenvalue weighted by Gasteiger charge is -2.11. The number of aromatic nitrogens is 2. The Balaban J connectivity index is 1.70. The summed E-state index contributed by atoms with van der Waals surface area (Å²) >= 11 is 0. The number of para-hydroxylation sites is 1. The van der Waals surface area contributed by atoms with Crippen molar-refractivity contribution in [3.8, 4) is 6.07 Å². The van der Waals surface area contributed by atoms with Crippen LogP contribution in [0.2, 0.25) is 0 Å². The van der Waals surface area contributed by atoms with E-state index in [1.807, 2.05) is 38.1 Å². The predicted molar refractivity (Wildman–Crippen MR) is 100 cm³/mol. The van der Waals surface area contributed by atoms with E-state index in [9.17, 15) is 4.79 Å². The topological polar surface area (TPSA) is 90.7 Å². The minimum absolute atomic E-state index is 0.210. The van der Waals surface area contributed by atoms with Crippen molar-refractivity contribution >= 4 is 23.1 Å². The minimum Gasteiger partial charge on any atom is -0.339 e. The van der Waals surface area contributed by atoms with Gasteiger partial charge in [0.15, 0.2) is 0 Å². The van der Waals surface area contributed by atoms with E-state index in [2.05, 4.69) is 20.6 Å². The highest BCUT2D eigenvalue weighted by Gasteiger charge is 2.10. The quantitative estimate of drug-likeness (QED) is 0.748. The number of carbonyl (C=O) groups excluding carboxylic acids is 1. The third-order valence-electron chi connectivity index (χ3n) is 3.89. The van der Waals surface area contributed by atoms with Crippen LogP contribution in [0, 0.1) is 25.2 Å². The molecule has 1 heterocycles. The molecule has 0 aliphatic heterocycles. The molecule has 128 valence electrons. The normalized spacial score (nSPS) is 10.0. The van der Waals surface area contributed by atoms with Gasteiger partial charge in [0.05, 0.1) is 24.0 Å². The van der Waals surface area contributed by atoms with E-state index < -0.39 is 0 Å². The van der Waals surface area contributed by atoms with Crippen molar-refractivity contribution < 1.29 is 4.79 Å². The number of rotatable bonds is 4. The van der Waals surface area contributed by atoms with E-state index >= 15 is 0 Å². The van der Waals surface area contributed by atoms with E-state index in [4.69, 9.17) is 5.26 Å². The van der Waals surface area contributed by atoms with E-state index in [0.29, 0.717) is 17.1 Å². The maximum absolute atomic E-state index is 12.2.